The second-order valence-corrected chi connectivity index (χ2v) is 9.31. The number of pyridine rings is 1. The summed E-state index contributed by atoms with van der Waals surface area (Å²) in [6.45, 7) is 0.946. The van der Waals surface area contributed by atoms with Gasteiger partial charge in [-0.25, -0.2) is 0 Å². The molecule has 1 aliphatic heterocycles. The van der Waals surface area contributed by atoms with Crippen molar-refractivity contribution in [3.8, 4) is 28.0 Å². The van der Waals surface area contributed by atoms with Gasteiger partial charge in [-0.2, -0.15) is 0 Å². The quantitative estimate of drug-likeness (QED) is 0.266. The van der Waals surface area contributed by atoms with Crippen LogP contribution in [0.1, 0.15) is 11.1 Å². The van der Waals surface area contributed by atoms with Crippen LogP contribution in [-0.2, 0) is 13.2 Å². The predicted octanol–water partition coefficient (Wildman–Crippen LogP) is 7.43. The van der Waals surface area contributed by atoms with E-state index in [2.05, 4.69) is 66.7 Å². The van der Waals surface area contributed by atoms with Crippen molar-refractivity contribution in [2.24, 2.45) is 0 Å². The summed E-state index contributed by atoms with van der Waals surface area (Å²) in [5, 5.41) is 3.36. The fourth-order valence-corrected chi connectivity index (χ4v) is 5.38. The smallest absolute Gasteiger partial charge is 0.251 e. The van der Waals surface area contributed by atoms with E-state index in [0.29, 0.717) is 13.2 Å². The van der Waals surface area contributed by atoms with Crippen LogP contribution in [0.3, 0.4) is 0 Å². The molecule has 0 unspecified atom stereocenters. The molecule has 7 rings (SSSR count). The SMILES string of the molecule is O=c1ccc2c(-c3ccccc3)cc(-c3ccccc3)c3c2n1Cc1cc2ccccc2cc1CO3. The molecule has 3 nitrogen and oxygen atoms in total. The molecule has 0 N–H and O–H groups in total. The molecule has 0 saturated carbocycles. The van der Waals surface area contributed by atoms with Crippen LogP contribution in [0.2, 0.25) is 0 Å². The summed E-state index contributed by atoms with van der Waals surface area (Å²) in [5.41, 5.74) is 7.29. The second kappa shape index (κ2) is 8.24. The molecule has 36 heavy (non-hydrogen) atoms. The van der Waals surface area contributed by atoms with E-state index in [9.17, 15) is 4.79 Å². The highest BCUT2D eigenvalue weighted by Gasteiger charge is 2.22. The van der Waals surface area contributed by atoms with Gasteiger partial charge in [0.1, 0.15) is 6.61 Å². The highest BCUT2D eigenvalue weighted by Crippen LogP contribution is 2.43. The Hall–Kier alpha value is -4.63. The van der Waals surface area contributed by atoms with Gasteiger partial charge in [0.05, 0.1) is 12.1 Å². The van der Waals surface area contributed by atoms with E-state index in [1.807, 2.05) is 47.0 Å². The molecule has 0 aliphatic carbocycles. The summed E-state index contributed by atoms with van der Waals surface area (Å²) >= 11 is 0. The number of nitrogens with zero attached hydrogens (tertiary/aromatic N) is 1. The molecule has 0 amide bonds. The first-order valence-corrected chi connectivity index (χ1v) is 12.2. The summed E-state index contributed by atoms with van der Waals surface area (Å²) < 4.78 is 8.53. The van der Waals surface area contributed by atoms with Crippen molar-refractivity contribution in [2.75, 3.05) is 0 Å². The van der Waals surface area contributed by atoms with Crippen molar-refractivity contribution in [3.63, 3.8) is 0 Å². The summed E-state index contributed by atoms with van der Waals surface area (Å²) in [6, 6.07) is 39.2. The maximum Gasteiger partial charge on any atom is 0.251 e. The third-order valence-electron chi connectivity index (χ3n) is 7.16. The average molecular weight is 466 g/mol. The van der Waals surface area contributed by atoms with Gasteiger partial charge >= 0.3 is 0 Å². The first-order chi connectivity index (χ1) is 17.8. The van der Waals surface area contributed by atoms with Crippen molar-refractivity contribution in [1.82, 2.24) is 4.57 Å². The summed E-state index contributed by atoms with van der Waals surface area (Å²) in [4.78, 5) is 13.4. The van der Waals surface area contributed by atoms with Gasteiger partial charge in [0.2, 0.25) is 0 Å². The van der Waals surface area contributed by atoms with E-state index in [4.69, 9.17) is 4.74 Å². The van der Waals surface area contributed by atoms with Crippen LogP contribution in [-0.4, -0.2) is 4.57 Å². The molecule has 0 saturated heterocycles. The van der Waals surface area contributed by atoms with E-state index in [1.165, 1.54) is 10.8 Å². The van der Waals surface area contributed by atoms with Crippen LogP contribution < -0.4 is 10.3 Å². The molecule has 0 spiro atoms. The average Bonchev–Trinajstić information content (AvgIpc) is 2.92. The Labute approximate surface area is 208 Å². The lowest BCUT2D eigenvalue weighted by atomic mass is 9.93. The maximum absolute atomic E-state index is 13.4. The maximum atomic E-state index is 13.4. The van der Waals surface area contributed by atoms with Gasteiger partial charge in [-0.15, -0.1) is 0 Å². The predicted molar refractivity (Wildman–Crippen MR) is 146 cm³/mol. The molecule has 0 radical (unpaired) electrons. The second-order valence-electron chi connectivity index (χ2n) is 9.31. The zero-order valence-corrected chi connectivity index (χ0v) is 19.6. The molecule has 5 aromatic carbocycles. The molecule has 3 heteroatoms. The Balaban J connectivity index is 1.58. The largest absolute Gasteiger partial charge is 0.486 e. The first kappa shape index (κ1) is 20.7. The molecule has 172 valence electrons. The molecule has 6 aromatic rings. The van der Waals surface area contributed by atoms with Crippen molar-refractivity contribution in [2.45, 2.75) is 13.2 Å². The fourth-order valence-electron chi connectivity index (χ4n) is 5.38. The Morgan fingerprint density at radius 1 is 0.611 bits per heavy atom. The van der Waals surface area contributed by atoms with Gasteiger partial charge < -0.3 is 9.30 Å². The highest BCUT2D eigenvalue weighted by atomic mass is 16.5. The minimum Gasteiger partial charge on any atom is -0.486 e. The number of benzene rings is 5. The lowest BCUT2D eigenvalue weighted by Gasteiger charge is -2.24. The molecular weight excluding hydrogens is 442 g/mol. The third-order valence-corrected chi connectivity index (χ3v) is 7.16. The zero-order chi connectivity index (χ0) is 24.1. The minimum absolute atomic E-state index is 0.0300. The molecule has 1 aliphatic rings. The number of rotatable bonds is 2. The number of fused-ring (bicyclic) bond motifs is 2. The van der Waals surface area contributed by atoms with Crippen molar-refractivity contribution in [3.05, 3.63) is 137 Å². The normalized spacial score (nSPS) is 12.6. The number of hydrogen-bond donors (Lipinski definition) is 0. The van der Waals surface area contributed by atoms with Crippen LogP contribution in [0, 0.1) is 0 Å². The van der Waals surface area contributed by atoms with Crippen LogP contribution >= 0.6 is 0 Å². The van der Waals surface area contributed by atoms with Crippen molar-refractivity contribution in [1.29, 1.82) is 0 Å². The van der Waals surface area contributed by atoms with Gasteiger partial charge in [0.25, 0.3) is 5.56 Å². The van der Waals surface area contributed by atoms with Crippen LogP contribution in [0.5, 0.6) is 5.75 Å². The summed E-state index contributed by atoms with van der Waals surface area (Å²) in [6.07, 6.45) is 0. The number of aromatic nitrogens is 1. The van der Waals surface area contributed by atoms with Crippen LogP contribution in [0.4, 0.5) is 0 Å². The standard InChI is InChI=1S/C33H23NO2/c35-31-16-15-28-29(22-9-3-1-4-10-22)19-30(23-11-5-2-6-12-23)33-32(28)34(31)20-26-17-24-13-7-8-14-25(24)18-27(26)21-36-33/h1-19H,20-21H2. The lowest BCUT2D eigenvalue weighted by Crippen LogP contribution is -2.23. The Morgan fingerprint density at radius 2 is 1.22 bits per heavy atom. The Morgan fingerprint density at radius 3 is 1.92 bits per heavy atom. The highest BCUT2D eigenvalue weighted by molar-refractivity contribution is 6.03. The zero-order valence-electron chi connectivity index (χ0n) is 19.6. The third kappa shape index (κ3) is 3.32. The number of hydrogen-bond acceptors (Lipinski definition) is 2. The lowest BCUT2D eigenvalue weighted by molar-refractivity contribution is 0.306. The molecule has 0 atom stereocenters. The van der Waals surface area contributed by atoms with Crippen molar-refractivity contribution < 1.29 is 4.74 Å². The minimum atomic E-state index is -0.0300. The van der Waals surface area contributed by atoms with Gasteiger partial charge in [-0.3, -0.25) is 4.79 Å². The van der Waals surface area contributed by atoms with E-state index in [1.54, 1.807) is 6.07 Å². The summed E-state index contributed by atoms with van der Waals surface area (Å²) in [7, 11) is 0. The van der Waals surface area contributed by atoms with E-state index in [0.717, 1.165) is 50.0 Å². The van der Waals surface area contributed by atoms with E-state index >= 15 is 0 Å². The van der Waals surface area contributed by atoms with Crippen LogP contribution in [0.25, 0.3) is 43.9 Å². The molecule has 2 heterocycles. The molecule has 1 aromatic heterocycles. The van der Waals surface area contributed by atoms with E-state index in [-0.39, 0.29) is 5.56 Å². The van der Waals surface area contributed by atoms with Crippen LogP contribution in [0.15, 0.2) is 120 Å². The monoisotopic (exact) mass is 465 g/mol. The van der Waals surface area contributed by atoms with Gasteiger partial charge in [-0.05, 0) is 62.9 Å². The Kier molecular flexibility index (Phi) is 4.74. The first-order valence-electron chi connectivity index (χ1n) is 12.2. The molecular formula is C33H23NO2. The number of ether oxygens (including phenoxy) is 1. The van der Waals surface area contributed by atoms with E-state index < -0.39 is 0 Å². The fraction of sp³-hybridized carbons (Fsp3) is 0.0606. The molecule has 0 bridgehead atoms. The van der Waals surface area contributed by atoms with Gasteiger partial charge in [-0.1, -0.05) is 84.9 Å². The Bertz CT molecular complexity index is 1820. The van der Waals surface area contributed by atoms with Gasteiger partial charge in [0.15, 0.2) is 5.75 Å². The topological polar surface area (TPSA) is 31.2 Å². The van der Waals surface area contributed by atoms with Gasteiger partial charge in [0, 0.05) is 17.0 Å². The summed E-state index contributed by atoms with van der Waals surface area (Å²) in [5.74, 6) is 0.757. The molecule has 0 fully saturated rings. The van der Waals surface area contributed by atoms with Crippen molar-refractivity contribution >= 4 is 21.7 Å².